The molecule has 0 saturated carbocycles. The number of phenols is 1. The molecule has 0 aliphatic heterocycles. The Morgan fingerprint density at radius 3 is 2.71 bits per heavy atom. The number of amides is 2. The van der Waals surface area contributed by atoms with Gasteiger partial charge in [0.2, 0.25) is 5.91 Å². The van der Waals surface area contributed by atoms with Crippen LogP contribution < -0.4 is 10.6 Å². The van der Waals surface area contributed by atoms with Crippen LogP contribution in [0.15, 0.2) is 36.5 Å². The first-order valence-electron chi connectivity index (χ1n) is 7.39. The van der Waals surface area contributed by atoms with Gasteiger partial charge in [-0.05, 0) is 44.2 Å². The number of aromatic nitrogens is 1. The number of nitrogens with one attached hydrogen (secondary N) is 2. The van der Waals surface area contributed by atoms with Gasteiger partial charge in [0.15, 0.2) is 0 Å². The summed E-state index contributed by atoms with van der Waals surface area (Å²) in [6.45, 7) is 3.70. The van der Waals surface area contributed by atoms with Gasteiger partial charge >= 0.3 is 0 Å². The van der Waals surface area contributed by atoms with Gasteiger partial charge in [0.05, 0.1) is 6.42 Å². The number of benzene rings is 1. The lowest BCUT2D eigenvalue weighted by atomic mass is 10.1. The molecule has 2 aromatic rings. The summed E-state index contributed by atoms with van der Waals surface area (Å²) in [6, 6.07) is 7.58. The fourth-order valence-electron chi connectivity index (χ4n) is 2.04. The third kappa shape index (κ3) is 4.96. The molecule has 0 aliphatic rings. The largest absolute Gasteiger partial charge is 0.508 e. The van der Waals surface area contributed by atoms with Gasteiger partial charge in [-0.3, -0.25) is 14.6 Å². The maximum Gasteiger partial charge on any atom is 0.270 e. The number of hydrogen-bond donors (Lipinski definition) is 3. The first-order chi connectivity index (χ1) is 11.3. The van der Waals surface area contributed by atoms with Crippen LogP contribution in [0.25, 0.3) is 0 Å². The molecule has 0 radical (unpaired) electrons. The molecule has 2 rings (SSSR count). The van der Waals surface area contributed by atoms with E-state index in [1.54, 1.807) is 12.1 Å². The molecule has 0 atom stereocenters. The van der Waals surface area contributed by atoms with Crippen molar-refractivity contribution in [3.05, 3.63) is 52.8 Å². The van der Waals surface area contributed by atoms with Gasteiger partial charge in [0.25, 0.3) is 5.91 Å². The molecular formula is C17H18ClN3O3. The minimum Gasteiger partial charge on any atom is -0.508 e. The lowest BCUT2D eigenvalue weighted by Crippen LogP contribution is -2.30. The van der Waals surface area contributed by atoms with Crippen LogP contribution in [0.2, 0.25) is 5.02 Å². The zero-order valence-electron chi connectivity index (χ0n) is 13.3. The van der Waals surface area contributed by atoms with Crippen LogP contribution >= 0.6 is 11.6 Å². The highest BCUT2D eigenvalue weighted by atomic mass is 35.5. The van der Waals surface area contributed by atoms with E-state index in [9.17, 15) is 14.7 Å². The van der Waals surface area contributed by atoms with Crippen molar-refractivity contribution >= 4 is 29.1 Å². The molecule has 7 heteroatoms. The Kier molecular flexibility index (Phi) is 5.76. The number of anilines is 1. The molecule has 2 amide bonds. The summed E-state index contributed by atoms with van der Waals surface area (Å²) in [4.78, 5) is 28.0. The molecule has 0 bridgehead atoms. The van der Waals surface area contributed by atoms with Crippen molar-refractivity contribution in [2.24, 2.45) is 0 Å². The van der Waals surface area contributed by atoms with E-state index in [1.165, 1.54) is 24.4 Å². The summed E-state index contributed by atoms with van der Waals surface area (Å²) in [7, 11) is 0. The smallest absolute Gasteiger partial charge is 0.270 e. The van der Waals surface area contributed by atoms with Crippen LogP contribution in [0.3, 0.4) is 0 Å². The number of phenolic OH excluding ortho intramolecular Hbond substituents is 1. The van der Waals surface area contributed by atoms with Crippen LogP contribution in [0, 0.1) is 0 Å². The van der Waals surface area contributed by atoms with Crippen molar-refractivity contribution in [1.82, 2.24) is 10.3 Å². The van der Waals surface area contributed by atoms with E-state index in [2.05, 4.69) is 15.6 Å². The van der Waals surface area contributed by atoms with Crippen molar-refractivity contribution in [2.45, 2.75) is 26.3 Å². The van der Waals surface area contributed by atoms with E-state index in [1.807, 2.05) is 13.8 Å². The van der Waals surface area contributed by atoms with Crippen LogP contribution in [0.4, 0.5) is 5.69 Å². The number of carbonyl (C=O) groups excluding carboxylic acids is 2. The summed E-state index contributed by atoms with van der Waals surface area (Å²) in [6.07, 6.45) is 1.41. The van der Waals surface area contributed by atoms with Gasteiger partial charge in [0, 0.05) is 28.5 Å². The second-order valence-corrected chi connectivity index (χ2v) is 5.99. The zero-order chi connectivity index (χ0) is 17.7. The first-order valence-corrected chi connectivity index (χ1v) is 7.77. The quantitative estimate of drug-likeness (QED) is 0.775. The van der Waals surface area contributed by atoms with Crippen molar-refractivity contribution in [1.29, 1.82) is 0 Å². The Labute approximate surface area is 144 Å². The highest BCUT2D eigenvalue weighted by Crippen LogP contribution is 2.22. The molecule has 0 spiro atoms. The minimum absolute atomic E-state index is 0.00118. The lowest BCUT2D eigenvalue weighted by molar-refractivity contribution is -0.115. The first kappa shape index (κ1) is 17.7. The second-order valence-electron chi connectivity index (χ2n) is 5.56. The van der Waals surface area contributed by atoms with Gasteiger partial charge in [-0.2, -0.15) is 0 Å². The van der Waals surface area contributed by atoms with Gasteiger partial charge in [-0.1, -0.05) is 11.6 Å². The molecular weight excluding hydrogens is 330 g/mol. The molecule has 24 heavy (non-hydrogen) atoms. The Morgan fingerprint density at radius 1 is 1.25 bits per heavy atom. The van der Waals surface area contributed by atoms with E-state index >= 15 is 0 Å². The highest BCUT2D eigenvalue weighted by Gasteiger charge is 2.12. The van der Waals surface area contributed by atoms with E-state index in [0.29, 0.717) is 16.3 Å². The number of hydrogen-bond acceptors (Lipinski definition) is 4. The van der Waals surface area contributed by atoms with Gasteiger partial charge < -0.3 is 15.7 Å². The zero-order valence-corrected chi connectivity index (χ0v) is 14.1. The second kappa shape index (κ2) is 7.79. The molecule has 6 nitrogen and oxygen atoms in total. The fourth-order valence-corrected chi connectivity index (χ4v) is 2.24. The Morgan fingerprint density at radius 2 is 2.00 bits per heavy atom. The van der Waals surface area contributed by atoms with Gasteiger partial charge in [-0.15, -0.1) is 0 Å². The Hall–Kier alpha value is -2.60. The van der Waals surface area contributed by atoms with Crippen molar-refractivity contribution in [2.75, 3.05) is 5.32 Å². The van der Waals surface area contributed by atoms with Crippen LogP contribution in [0.1, 0.15) is 29.9 Å². The normalized spacial score (nSPS) is 10.5. The number of halogens is 1. The van der Waals surface area contributed by atoms with E-state index in [0.717, 1.165) is 0 Å². The van der Waals surface area contributed by atoms with Crippen LogP contribution in [-0.2, 0) is 11.2 Å². The maximum atomic E-state index is 12.1. The number of aromatic hydroxyl groups is 1. The van der Waals surface area contributed by atoms with Crippen LogP contribution in [-0.4, -0.2) is 27.9 Å². The molecule has 0 unspecified atom stereocenters. The summed E-state index contributed by atoms with van der Waals surface area (Å²) >= 11 is 5.86. The Bertz CT molecular complexity index is 762. The highest BCUT2D eigenvalue weighted by molar-refractivity contribution is 6.30. The molecule has 3 N–H and O–H groups in total. The number of carbonyl (C=O) groups is 2. The number of nitrogens with zero attached hydrogens (tertiary/aromatic N) is 1. The SMILES string of the molecule is CC(C)NC(=O)c1cc(NC(=O)Cc2cc(Cl)ccc2O)ccn1. The maximum absolute atomic E-state index is 12.1. The molecule has 0 fully saturated rings. The average molecular weight is 348 g/mol. The van der Waals surface area contributed by atoms with E-state index in [-0.39, 0.29) is 35.7 Å². The van der Waals surface area contributed by atoms with Crippen LogP contribution in [0.5, 0.6) is 5.75 Å². The summed E-state index contributed by atoms with van der Waals surface area (Å²) in [5.74, 6) is -0.649. The molecule has 0 aliphatic carbocycles. The third-order valence-corrected chi connectivity index (χ3v) is 3.32. The summed E-state index contributed by atoms with van der Waals surface area (Å²) in [5.41, 5.74) is 1.09. The van der Waals surface area contributed by atoms with E-state index < -0.39 is 0 Å². The molecule has 0 saturated heterocycles. The monoisotopic (exact) mass is 347 g/mol. The number of pyridine rings is 1. The molecule has 1 heterocycles. The van der Waals surface area contributed by atoms with Crippen molar-refractivity contribution < 1.29 is 14.7 Å². The molecule has 1 aromatic heterocycles. The number of rotatable bonds is 5. The van der Waals surface area contributed by atoms with Gasteiger partial charge in [-0.25, -0.2) is 0 Å². The summed E-state index contributed by atoms with van der Waals surface area (Å²) in [5, 5.41) is 15.6. The Balaban J connectivity index is 2.06. The van der Waals surface area contributed by atoms with Crippen molar-refractivity contribution in [3.8, 4) is 5.75 Å². The van der Waals surface area contributed by atoms with E-state index in [4.69, 9.17) is 11.6 Å². The topological polar surface area (TPSA) is 91.3 Å². The van der Waals surface area contributed by atoms with Crippen molar-refractivity contribution in [3.63, 3.8) is 0 Å². The predicted octanol–water partition coefficient (Wildman–Crippen LogP) is 2.76. The average Bonchev–Trinajstić information content (AvgIpc) is 2.50. The van der Waals surface area contributed by atoms with Gasteiger partial charge in [0.1, 0.15) is 11.4 Å². The fraction of sp³-hybridized carbons (Fsp3) is 0.235. The minimum atomic E-state index is -0.339. The molecule has 1 aromatic carbocycles. The predicted molar refractivity (Wildman–Crippen MR) is 92.3 cm³/mol. The standard InChI is InChI=1S/C17H18ClN3O3/c1-10(2)20-17(24)14-9-13(5-6-19-14)21-16(23)8-11-7-12(18)3-4-15(11)22/h3-7,9-10,22H,8H2,1-2H3,(H,20,24)(H,19,21,23). The third-order valence-electron chi connectivity index (χ3n) is 3.09. The molecule has 126 valence electrons. The lowest BCUT2D eigenvalue weighted by Gasteiger charge is -2.10. The summed E-state index contributed by atoms with van der Waals surface area (Å²) < 4.78 is 0.